The summed E-state index contributed by atoms with van der Waals surface area (Å²) < 4.78 is 5.99. The minimum Gasteiger partial charge on any atom is -0.378 e. The van der Waals surface area contributed by atoms with Crippen LogP contribution in [0.25, 0.3) is 11.2 Å². The molecule has 1 amide bonds. The van der Waals surface area contributed by atoms with Crippen LogP contribution in [0.1, 0.15) is 50.5 Å². The molecule has 0 N–H and O–H groups in total. The number of carbonyl (C=O) groups excluding carboxylic acids is 1. The van der Waals surface area contributed by atoms with Crippen molar-refractivity contribution in [3.8, 4) is 0 Å². The summed E-state index contributed by atoms with van der Waals surface area (Å²) in [6.07, 6.45) is 6.48. The highest BCUT2D eigenvalue weighted by atomic mass is 16.5. The van der Waals surface area contributed by atoms with E-state index in [1.54, 1.807) is 29.4 Å². The number of hydrogen-bond acceptors (Lipinski definition) is 5. The molecule has 1 saturated carbocycles. The third-order valence-electron chi connectivity index (χ3n) is 5.28. The summed E-state index contributed by atoms with van der Waals surface area (Å²) in [6.45, 7) is 7.28. The average Bonchev–Trinajstić information content (AvgIpc) is 2.62. The molecule has 2 atom stereocenters. The topological polar surface area (TPSA) is 68.2 Å². The third-order valence-corrected chi connectivity index (χ3v) is 5.28. The van der Waals surface area contributed by atoms with E-state index < -0.39 is 0 Å². The van der Waals surface area contributed by atoms with Crippen LogP contribution in [0.4, 0.5) is 0 Å². The maximum absolute atomic E-state index is 12.9. The van der Waals surface area contributed by atoms with Crippen LogP contribution >= 0.6 is 0 Å². The molecule has 1 fully saturated rings. The van der Waals surface area contributed by atoms with Crippen molar-refractivity contribution in [3.05, 3.63) is 30.2 Å². The zero-order chi connectivity index (χ0) is 18.0. The summed E-state index contributed by atoms with van der Waals surface area (Å²) in [6, 6.07) is 3.65. The van der Waals surface area contributed by atoms with Crippen LogP contribution in [0.15, 0.2) is 24.5 Å². The largest absolute Gasteiger partial charge is 0.378 e. The maximum Gasteiger partial charge on any atom is 0.272 e. The number of ether oxygens (including phenoxy) is 1. The summed E-state index contributed by atoms with van der Waals surface area (Å²) in [5.74, 6) is -0.0855. The van der Waals surface area contributed by atoms with Gasteiger partial charge < -0.3 is 9.64 Å². The fourth-order valence-electron chi connectivity index (χ4n) is 3.47. The zero-order valence-corrected chi connectivity index (χ0v) is 15.4. The second-order valence-electron chi connectivity index (χ2n) is 7.30. The number of aromatic nitrogens is 3. The lowest BCUT2D eigenvalue weighted by Crippen LogP contribution is -2.62. The molecule has 2 aromatic rings. The fourth-order valence-corrected chi connectivity index (χ4v) is 3.47. The van der Waals surface area contributed by atoms with Gasteiger partial charge >= 0.3 is 0 Å². The van der Waals surface area contributed by atoms with Crippen LogP contribution in [0.3, 0.4) is 0 Å². The first-order valence-electron chi connectivity index (χ1n) is 8.91. The molecule has 0 aliphatic heterocycles. The number of amides is 1. The first-order valence-corrected chi connectivity index (χ1v) is 8.91. The highest BCUT2D eigenvalue weighted by Gasteiger charge is 2.52. The van der Waals surface area contributed by atoms with Gasteiger partial charge in [0.2, 0.25) is 0 Å². The van der Waals surface area contributed by atoms with Gasteiger partial charge in [-0.15, -0.1) is 0 Å². The van der Waals surface area contributed by atoms with Gasteiger partial charge in [0.1, 0.15) is 11.2 Å². The molecule has 0 saturated heterocycles. The first-order chi connectivity index (χ1) is 11.9. The van der Waals surface area contributed by atoms with Gasteiger partial charge in [0.25, 0.3) is 5.91 Å². The van der Waals surface area contributed by atoms with Crippen molar-refractivity contribution >= 4 is 17.1 Å². The van der Waals surface area contributed by atoms with Crippen molar-refractivity contribution in [3.63, 3.8) is 0 Å². The van der Waals surface area contributed by atoms with E-state index in [1.165, 1.54) is 0 Å². The van der Waals surface area contributed by atoms with Crippen molar-refractivity contribution < 1.29 is 9.53 Å². The Labute approximate surface area is 148 Å². The number of fused-ring (bicyclic) bond motifs is 1. The van der Waals surface area contributed by atoms with Gasteiger partial charge in [-0.3, -0.25) is 9.78 Å². The summed E-state index contributed by atoms with van der Waals surface area (Å²) in [7, 11) is 1.85. The second-order valence-corrected chi connectivity index (χ2v) is 7.30. The minimum atomic E-state index is -0.0855. The quantitative estimate of drug-likeness (QED) is 0.755. The Kier molecular flexibility index (Phi) is 4.99. The Balaban J connectivity index is 1.70. The summed E-state index contributed by atoms with van der Waals surface area (Å²) in [5, 5.41) is 0. The van der Waals surface area contributed by atoms with Gasteiger partial charge in [0.15, 0.2) is 5.65 Å². The molecule has 3 rings (SSSR count). The van der Waals surface area contributed by atoms with Crippen LogP contribution in [0, 0.1) is 5.41 Å². The van der Waals surface area contributed by atoms with Gasteiger partial charge in [0.05, 0.1) is 6.10 Å². The van der Waals surface area contributed by atoms with Crippen molar-refractivity contribution in [2.24, 2.45) is 5.41 Å². The van der Waals surface area contributed by atoms with Crippen LogP contribution in [-0.2, 0) is 4.74 Å². The van der Waals surface area contributed by atoms with Gasteiger partial charge in [0, 0.05) is 37.5 Å². The molecule has 0 unspecified atom stereocenters. The van der Waals surface area contributed by atoms with Crippen LogP contribution in [-0.4, -0.2) is 51.6 Å². The lowest BCUT2D eigenvalue weighted by molar-refractivity contribution is -0.140. The summed E-state index contributed by atoms with van der Waals surface area (Å²) in [4.78, 5) is 27.4. The molecule has 134 valence electrons. The van der Waals surface area contributed by atoms with E-state index in [4.69, 9.17) is 4.74 Å². The minimum absolute atomic E-state index is 0.0607. The summed E-state index contributed by atoms with van der Waals surface area (Å²) >= 11 is 0. The predicted molar refractivity (Wildman–Crippen MR) is 96.3 cm³/mol. The Morgan fingerprint density at radius 2 is 2.08 bits per heavy atom. The van der Waals surface area contributed by atoms with E-state index in [0.29, 0.717) is 16.9 Å². The van der Waals surface area contributed by atoms with Gasteiger partial charge in [-0.1, -0.05) is 27.2 Å². The smallest absolute Gasteiger partial charge is 0.272 e. The molecule has 6 heteroatoms. The number of hydrogen-bond donors (Lipinski definition) is 0. The number of pyridine rings is 1. The van der Waals surface area contributed by atoms with Crippen molar-refractivity contribution in [2.75, 3.05) is 13.7 Å². The average molecular weight is 342 g/mol. The fraction of sp³-hybridized carbons (Fsp3) is 0.579. The van der Waals surface area contributed by atoms with Gasteiger partial charge in [-0.25, -0.2) is 9.97 Å². The van der Waals surface area contributed by atoms with E-state index in [1.807, 2.05) is 7.05 Å². The molecular weight excluding hydrogens is 316 g/mol. The van der Waals surface area contributed by atoms with E-state index >= 15 is 0 Å². The monoisotopic (exact) mass is 342 g/mol. The molecule has 2 aromatic heterocycles. The summed E-state index contributed by atoms with van der Waals surface area (Å²) in [5.41, 5.74) is 1.53. The van der Waals surface area contributed by atoms with Crippen molar-refractivity contribution in [1.29, 1.82) is 0 Å². The molecule has 0 bridgehead atoms. The maximum atomic E-state index is 12.9. The van der Waals surface area contributed by atoms with Crippen LogP contribution in [0.5, 0.6) is 0 Å². The van der Waals surface area contributed by atoms with Gasteiger partial charge in [-0.05, 0) is 25.0 Å². The normalized spacial score (nSPS) is 21.8. The predicted octanol–water partition coefficient (Wildman–Crippen LogP) is 3.08. The number of unbranched alkanes of at least 4 members (excludes halogenated alkanes) is 1. The van der Waals surface area contributed by atoms with E-state index in [0.717, 1.165) is 25.9 Å². The molecule has 2 heterocycles. The van der Waals surface area contributed by atoms with Crippen LogP contribution < -0.4 is 0 Å². The Bertz CT molecular complexity index is 762. The highest BCUT2D eigenvalue weighted by Crippen LogP contribution is 2.45. The first kappa shape index (κ1) is 17.7. The Morgan fingerprint density at radius 1 is 1.32 bits per heavy atom. The highest BCUT2D eigenvalue weighted by molar-refractivity contribution is 5.94. The molecule has 0 radical (unpaired) electrons. The molecule has 1 aliphatic carbocycles. The molecular formula is C19H26N4O2. The van der Waals surface area contributed by atoms with Crippen molar-refractivity contribution in [1.82, 2.24) is 19.9 Å². The number of rotatable bonds is 6. The van der Waals surface area contributed by atoms with Crippen LogP contribution in [0.2, 0.25) is 0 Å². The lowest BCUT2D eigenvalue weighted by atomic mass is 9.63. The molecule has 6 nitrogen and oxygen atoms in total. The van der Waals surface area contributed by atoms with E-state index in [-0.39, 0.29) is 23.5 Å². The van der Waals surface area contributed by atoms with Gasteiger partial charge in [-0.2, -0.15) is 0 Å². The number of nitrogens with zero attached hydrogens (tertiary/aromatic N) is 4. The standard InChI is InChI=1S/C19H26N4O2/c1-5-6-11-25-16-12-15(19(16,2)3)23(4)18(24)14-8-7-13-17(22-14)21-10-9-20-13/h7-10,15-16H,5-6,11-12H2,1-4H3/t15-,16+/m1/s1. The van der Waals surface area contributed by atoms with E-state index in [9.17, 15) is 4.79 Å². The molecule has 0 aromatic carbocycles. The Morgan fingerprint density at radius 3 is 2.80 bits per heavy atom. The van der Waals surface area contributed by atoms with E-state index in [2.05, 4.69) is 35.7 Å². The number of carbonyl (C=O) groups is 1. The van der Waals surface area contributed by atoms with Crippen molar-refractivity contribution in [2.45, 2.75) is 52.2 Å². The second kappa shape index (κ2) is 7.04. The lowest BCUT2D eigenvalue weighted by Gasteiger charge is -2.54. The Hall–Kier alpha value is -2.08. The molecule has 0 spiro atoms. The SMILES string of the molecule is CCCCO[C@H]1C[C@@H](N(C)C(=O)c2ccc3nccnc3n2)C1(C)C. The third kappa shape index (κ3) is 3.35. The zero-order valence-electron chi connectivity index (χ0n) is 15.4. The molecule has 1 aliphatic rings. The molecule has 25 heavy (non-hydrogen) atoms.